The number of aryl methyl sites for hydroxylation is 1. The summed E-state index contributed by atoms with van der Waals surface area (Å²) >= 11 is 1.10. The number of benzene rings is 1. The second-order valence-corrected chi connectivity index (χ2v) is 7.01. The maximum Gasteiger partial charge on any atom is 0.350 e. The van der Waals surface area contributed by atoms with Crippen molar-refractivity contribution < 1.29 is 23.5 Å². The van der Waals surface area contributed by atoms with Crippen molar-refractivity contribution in [1.29, 1.82) is 0 Å². The van der Waals surface area contributed by atoms with Crippen molar-refractivity contribution in [2.45, 2.75) is 26.8 Å². The van der Waals surface area contributed by atoms with Gasteiger partial charge in [-0.05, 0) is 45.0 Å². The molecule has 0 aliphatic carbocycles. The van der Waals surface area contributed by atoms with Crippen LogP contribution in [0.5, 0.6) is 0 Å². The van der Waals surface area contributed by atoms with Gasteiger partial charge in [0, 0.05) is 11.6 Å². The fourth-order valence-electron chi connectivity index (χ4n) is 2.10. The fraction of sp³-hybridized carbons (Fsp3) is 0.333. The Balaban J connectivity index is 1.90. The van der Waals surface area contributed by atoms with E-state index in [2.05, 4.69) is 15.6 Å². The second-order valence-electron chi connectivity index (χ2n) is 6.02. The molecule has 7 nitrogen and oxygen atoms in total. The molecular formula is C18H20FN3O4S. The highest BCUT2D eigenvalue weighted by Crippen LogP contribution is 2.28. The third kappa shape index (κ3) is 6.14. The molecule has 2 aromatic rings. The van der Waals surface area contributed by atoms with E-state index in [-0.39, 0.29) is 29.2 Å². The third-order valence-corrected chi connectivity index (χ3v) is 4.49. The minimum Gasteiger partial charge on any atom is -0.451 e. The molecule has 27 heavy (non-hydrogen) atoms. The van der Waals surface area contributed by atoms with E-state index in [1.807, 2.05) is 0 Å². The van der Waals surface area contributed by atoms with Crippen molar-refractivity contribution in [3.05, 3.63) is 40.7 Å². The summed E-state index contributed by atoms with van der Waals surface area (Å²) in [5.74, 6) is -1.95. The molecule has 0 unspecified atom stereocenters. The number of carbonyl (C=O) groups is 3. The Morgan fingerprint density at radius 1 is 1.19 bits per heavy atom. The lowest BCUT2D eigenvalue weighted by Gasteiger charge is -2.09. The van der Waals surface area contributed by atoms with Gasteiger partial charge in [0.25, 0.3) is 5.91 Å². The van der Waals surface area contributed by atoms with Crippen LogP contribution in [0.2, 0.25) is 0 Å². The minimum atomic E-state index is -0.680. The van der Waals surface area contributed by atoms with Gasteiger partial charge in [-0.25, -0.2) is 14.2 Å². The summed E-state index contributed by atoms with van der Waals surface area (Å²) in [5, 5.41) is 5.55. The van der Waals surface area contributed by atoms with Crippen LogP contribution in [-0.2, 0) is 14.3 Å². The van der Waals surface area contributed by atoms with Crippen LogP contribution in [0.25, 0.3) is 10.6 Å². The van der Waals surface area contributed by atoms with Crippen LogP contribution in [0.4, 0.5) is 4.39 Å². The number of aromatic nitrogens is 1. The van der Waals surface area contributed by atoms with Crippen LogP contribution < -0.4 is 10.6 Å². The van der Waals surface area contributed by atoms with Gasteiger partial charge in [-0.15, -0.1) is 11.3 Å². The molecule has 2 amide bonds. The first-order valence-electron chi connectivity index (χ1n) is 8.23. The summed E-state index contributed by atoms with van der Waals surface area (Å²) < 4.78 is 18.0. The summed E-state index contributed by atoms with van der Waals surface area (Å²) in [6.45, 7) is 4.56. The van der Waals surface area contributed by atoms with Crippen LogP contribution in [0.1, 0.15) is 29.2 Å². The lowest BCUT2D eigenvalue weighted by Crippen LogP contribution is -2.41. The van der Waals surface area contributed by atoms with Gasteiger partial charge in [0.15, 0.2) is 6.61 Å². The molecule has 9 heteroatoms. The SMILES string of the molecule is Cc1nc(-c2ccc(F)cc2)sc1C(=O)OCC(=O)NCC(=O)NC(C)C. The van der Waals surface area contributed by atoms with Crippen LogP contribution in [0.3, 0.4) is 0 Å². The van der Waals surface area contributed by atoms with Gasteiger partial charge in [-0.1, -0.05) is 0 Å². The Bertz CT molecular complexity index is 834. The van der Waals surface area contributed by atoms with Crippen molar-refractivity contribution in [2.24, 2.45) is 0 Å². The normalized spacial score (nSPS) is 10.6. The highest BCUT2D eigenvalue weighted by molar-refractivity contribution is 7.17. The maximum atomic E-state index is 13.0. The Labute approximate surface area is 159 Å². The van der Waals surface area contributed by atoms with Crippen LogP contribution in [0, 0.1) is 12.7 Å². The van der Waals surface area contributed by atoms with Crippen molar-refractivity contribution in [3.63, 3.8) is 0 Å². The average Bonchev–Trinajstić information content (AvgIpc) is 2.99. The van der Waals surface area contributed by atoms with Crippen LogP contribution in [-0.4, -0.2) is 42.0 Å². The number of hydrogen-bond acceptors (Lipinski definition) is 6. The number of thiazole rings is 1. The summed E-state index contributed by atoms with van der Waals surface area (Å²) in [4.78, 5) is 39.9. The Kier molecular flexibility index (Phi) is 7.00. The topological polar surface area (TPSA) is 97.4 Å². The highest BCUT2D eigenvalue weighted by atomic mass is 32.1. The van der Waals surface area contributed by atoms with Crippen LogP contribution >= 0.6 is 11.3 Å². The van der Waals surface area contributed by atoms with E-state index in [0.29, 0.717) is 16.3 Å². The first kappa shape index (κ1) is 20.5. The minimum absolute atomic E-state index is 0.0307. The fourth-order valence-corrected chi connectivity index (χ4v) is 3.07. The molecule has 0 bridgehead atoms. The van der Waals surface area contributed by atoms with Gasteiger partial charge in [-0.3, -0.25) is 9.59 Å². The number of nitrogens with one attached hydrogen (secondary N) is 2. The zero-order valence-electron chi connectivity index (χ0n) is 15.2. The van der Waals surface area contributed by atoms with E-state index in [1.165, 1.54) is 12.1 Å². The number of hydrogen-bond donors (Lipinski definition) is 2. The van der Waals surface area contributed by atoms with Crippen LogP contribution in [0.15, 0.2) is 24.3 Å². The quantitative estimate of drug-likeness (QED) is 0.702. The van der Waals surface area contributed by atoms with E-state index < -0.39 is 18.5 Å². The summed E-state index contributed by atoms with van der Waals surface area (Å²) in [6.07, 6.45) is 0. The lowest BCUT2D eigenvalue weighted by molar-refractivity contribution is -0.128. The van der Waals surface area contributed by atoms with E-state index in [4.69, 9.17) is 4.74 Å². The average molecular weight is 393 g/mol. The molecule has 0 aliphatic rings. The third-order valence-electron chi connectivity index (χ3n) is 3.30. The Hall–Kier alpha value is -2.81. The zero-order valence-corrected chi connectivity index (χ0v) is 16.0. The summed E-state index contributed by atoms with van der Waals surface area (Å²) in [7, 11) is 0. The van der Waals surface area contributed by atoms with Crippen molar-refractivity contribution >= 4 is 29.1 Å². The number of carbonyl (C=O) groups excluding carboxylic acids is 3. The molecule has 0 aliphatic heterocycles. The molecule has 0 radical (unpaired) electrons. The molecule has 0 saturated heterocycles. The molecule has 0 spiro atoms. The van der Waals surface area contributed by atoms with Gasteiger partial charge < -0.3 is 15.4 Å². The van der Waals surface area contributed by atoms with Gasteiger partial charge in [0.05, 0.1) is 12.2 Å². The largest absolute Gasteiger partial charge is 0.451 e. The Morgan fingerprint density at radius 2 is 1.85 bits per heavy atom. The van der Waals surface area contributed by atoms with Gasteiger partial charge >= 0.3 is 5.97 Å². The summed E-state index contributed by atoms with van der Waals surface area (Å²) in [6, 6.07) is 5.72. The number of esters is 1. The summed E-state index contributed by atoms with van der Waals surface area (Å²) in [5.41, 5.74) is 1.14. The molecule has 0 atom stereocenters. The predicted octanol–water partition coefficient (Wildman–Crippen LogP) is 2.06. The van der Waals surface area contributed by atoms with Crippen molar-refractivity contribution in [3.8, 4) is 10.6 Å². The van der Waals surface area contributed by atoms with E-state index in [0.717, 1.165) is 11.3 Å². The molecule has 2 rings (SSSR count). The number of rotatable bonds is 7. The van der Waals surface area contributed by atoms with Gasteiger partial charge in [-0.2, -0.15) is 0 Å². The van der Waals surface area contributed by atoms with E-state index >= 15 is 0 Å². The first-order valence-corrected chi connectivity index (χ1v) is 9.04. The smallest absolute Gasteiger partial charge is 0.350 e. The van der Waals surface area contributed by atoms with Gasteiger partial charge in [0.1, 0.15) is 15.7 Å². The van der Waals surface area contributed by atoms with E-state index in [1.54, 1.807) is 32.9 Å². The highest BCUT2D eigenvalue weighted by Gasteiger charge is 2.19. The maximum absolute atomic E-state index is 13.0. The number of nitrogens with zero attached hydrogens (tertiary/aromatic N) is 1. The molecule has 0 fully saturated rings. The van der Waals surface area contributed by atoms with Crippen molar-refractivity contribution in [2.75, 3.05) is 13.2 Å². The molecule has 1 aromatic heterocycles. The second kappa shape index (κ2) is 9.22. The standard InChI is InChI=1S/C18H20FN3O4S/c1-10(2)21-14(23)8-20-15(24)9-26-18(25)16-11(3)22-17(27-16)12-4-6-13(19)7-5-12/h4-7,10H,8-9H2,1-3H3,(H,20,24)(H,21,23). The van der Waals surface area contributed by atoms with Gasteiger partial charge in [0.2, 0.25) is 5.91 Å². The molecular weight excluding hydrogens is 373 g/mol. The first-order chi connectivity index (χ1) is 12.8. The molecule has 1 aromatic carbocycles. The molecule has 1 heterocycles. The van der Waals surface area contributed by atoms with E-state index in [9.17, 15) is 18.8 Å². The molecule has 0 saturated carbocycles. The zero-order chi connectivity index (χ0) is 20.0. The van der Waals surface area contributed by atoms with Crippen molar-refractivity contribution in [1.82, 2.24) is 15.6 Å². The monoisotopic (exact) mass is 393 g/mol. The number of halogens is 1. The number of amides is 2. The number of ether oxygens (including phenoxy) is 1. The lowest BCUT2D eigenvalue weighted by atomic mass is 10.2. The Morgan fingerprint density at radius 3 is 2.48 bits per heavy atom. The molecule has 2 N–H and O–H groups in total. The predicted molar refractivity (Wildman–Crippen MR) is 98.8 cm³/mol. The molecule has 144 valence electrons.